The molecule has 6 nitrogen and oxygen atoms in total. The Morgan fingerprint density at radius 3 is 2.65 bits per heavy atom. The second kappa shape index (κ2) is 7.31. The third-order valence-electron chi connectivity index (χ3n) is 3.23. The maximum atomic E-state index is 11.7. The third-order valence-corrected chi connectivity index (χ3v) is 3.23. The summed E-state index contributed by atoms with van der Waals surface area (Å²) < 4.78 is 0. The molecule has 0 fully saturated rings. The molecule has 0 spiro atoms. The molecule has 23 heavy (non-hydrogen) atoms. The lowest BCUT2D eigenvalue weighted by Crippen LogP contribution is -2.26. The summed E-state index contributed by atoms with van der Waals surface area (Å²) in [5.74, 6) is -0.461. The van der Waals surface area contributed by atoms with E-state index < -0.39 is 0 Å². The van der Waals surface area contributed by atoms with E-state index in [9.17, 15) is 15.0 Å². The lowest BCUT2D eigenvalue weighted by molar-refractivity contribution is -0.119. The molecule has 0 saturated heterocycles. The summed E-state index contributed by atoms with van der Waals surface area (Å²) in [6, 6.07) is 10.0. The van der Waals surface area contributed by atoms with Crippen LogP contribution < -0.4 is 10.7 Å². The van der Waals surface area contributed by atoms with Crippen LogP contribution in [0.2, 0.25) is 0 Å². The van der Waals surface area contributed by atoms with Crippen LogP contribution >= 0.6 is 0 Å². The molecular weight excluding hydrogens is 294 g/mol. The highest BCUT2D eigenvalue weighted by Crippen LogP contribution is 2.20. The predicted octanol–water partition coefficient (Wildman–Crippen LogP) is 2.28. The van der Waals surface area contributed by atoms with Crippen LogP contribution in [-0.2, 0) is 4.79 Å². The molecule has 0 aromatic heterocycles. The number of carbonyl (C=O) groups is 1. The van der Waals surface area contributed by atoms with Crippen LogP contribution in [-0.4, -0.2) is 28.9 Å². The van der Waals surface area contributed by atoms with Crippen molar-refractivity contribution in [1.82, 2.24) is 5.43 Å². The Balaban J connectivity index is 1.86. The Morgan fingerprint density at radius 1 is 1.17 bits per heavy atom. The average molecular weight is 313 g/mol. The largest absolute Gasteiger partial charge is 0.508 e. The first-order valence-electron chi connectivity index (χ1n) is 7.10. The number of anilines is 1. The molecule has 2 aromatic carbocycles. The van der Waals surface area contributed by atoms with E-state index in [4.69, 9.17) is 0 Å². The number of aromatic hydroxyl groups is 2. The second-order valence-corrected chi connectivity index (χ2v) is 5.21. The standard InChI is InChI=1S/C17H19N3O3/c1-11-3-6-15(12(2)7-11)18-10-17(23)20-19-9-13-4-5-14(21)8-16(13)22/h3-9,18,21-22H,10H2,1-2H3,(H,20,23)/b19-9+. The number of amides is 1. The number of phenolic OH excluding ortho intramolecular Hbond substituents is 2. The van der Waals surface area contributed by atoms with Gasteiger partial charge in [-0.3, -0.25) is 4.79 Å². The summed E-state index contributed by atoms with van der Waals surface area (Å²) in [5.41, 5.74) is 5.88. The lowest BCUT2D eigenvalue weighted by atomic mass is 10.1. The number of phenols is 2. The van der Waals surface area contributed by atoms with Crippen molar-refractivity contribution in [3.63, 3.8) is 0 Å². The maximum Gasteiger partial charge on any atom is 0.259 e. The highest BCUT2D eigenvalue weighted by atomic mass is 16.3. The van der Waals surface area contributed by atoms with Crippen molar-refractivity contribution < 1.29 is 15.0 Å². The van der Waals surface area contributed by atoms with Crippen molar-refractivity contribution >= 4 is 17.8 Å². The van der Waals surface area contributed by atoms with Crippen molar-refractivity contribution in [2.45, 2.75) is 13.8 Å². The number of carbonyl (C=O) groups excluding carboxylic acids is 1. The Morgan fingerprint density at radius 2 is 1.96 bits per heavy atom. The van der Waals surface area contributed by atoms with Crippen LogP contribution in [0.25, 0.3) is 0 Å². The molecule has 0 aliphatic rings. The van der Waals surface area contributed by atoms with E-state index in [2.05, 4.69) is 15.8 Å². The zero-order chi connectivity index (χ0) is 16.8. The van der Waals surface area contributed by atoms with Crippen LogP contribution in [0.4, 0.5) is 5.69 Å². The summed E-state index contributed by atoms with van der Waals surface area (Å²) >= 11 is 0. The van der Waals surface area contributed by atoms with E-state index in [1.54, 1.807) is 0 Å². The van der Waals surface area contributed by atoms with Gasteiger partial charge in [-0.1, -0.05) is 17.7 Å². The first-order chi connectivity index (χ1) is 11.0. The minimum atomic E-state index is -0.306. The quantitative estimate of drug-likeness (QED) is 0.503. The van der Waals surface area contributed by atoms with Crippen molar-refractivity contribution in [2.24, 2.45) is 5.10 Å². The van der Waals surface area contributed by atoms with Gasteiger partial charge in [-0.2, -0.15) is 5.10 Å². The number of nitrogens with one attached hydrogen (secondary N) is 2. The number of hydrogen-bond acceptors (Lipinski definition) is 5. The first-order valence-corrected chi connectivity index (χ1v) is 7.10. The van der Waals surface area contributed by atoms with Gasteiger partial charge in [0.05, 0.1) is 12.8 Å². The van der Waals surface area contributed by atoms with Gasteiger partial charge in [-0.15, -0.1) is 0 Å². The van der Waals surface area contributed by atoms with Gasteiger partial charge in [0.15, 0.2) is 0 Å². The van der Waals surface area contributed by atoms with Crippen molar-refractivity contribution in [2.75, 3.05) is 11.9 Å². The molecule has 2 aromatic rings. The van der Waals surface area contributed by atoms with Crippen molar-refractivity contribution in [3.8, 4) is 11.5 Å². The molecule has 0 bridgehead atoms. The molecule has 0 atom stereocenters. The number of rotatable bonds is 5. The predicted molar refractivity (Wildman–Crippen MR) is 89.9 cm³/mol. The van der Waals surface area contributed by atoms with Gasteiger partial charge in [0.2, 0.25) is 0 Å². The number of hydrazone groups is 1. The molecule has 4 N–H and O–H groups in total. The van der Waals surface area contributed by atoms with Gasteiger partial charge < -0.3 is 15.5 Å². The molecule has 0 saturated carbocycles. The zero-order valence-electron chi connectivity index (χ0n) is 13.0. The summed E-state index contributed by atoms with van der Waals surface area (Å²) in [7, 11) is 0. The van der Waals surface area contributed by atoms with Gasteiger partial charge in [-0.25, -0.2) is 5.43 Å². The molecule has 0 unspecified atom stereocenters. The number of hydrogen-bond donors (Lipinski definition) is 4. The Kier molecular flexibility index (Phi) is 5.19. The van der Waals surface area contributed by atoms with E-state index in [-0.39, 0.29) is 24.0 Å². The highest BCUT2D eigenvalue weighted by molar-refractivity contribution is 5.86. The van der Waals surface area contributed by atoms with Gasteiger partial charge in [-0.05, 0) is 37.6 Å². The van der Waals surface area contributed by atoms with Gasteiger partial charge in [0.1, 0.15) is 11.5 Å². The monoisotopic (exact) mass is 313 g/mol. The topological polar surface area (TPSA) is 94.0 Å². The Labute approximate surface area is 134 Å². The molecule has 0 aliphatic carbocycles. The summed E-state index contributed by atoms with van der Waals surface area (Å²) in [6.45, 7) is 4.07. The van der Waals surface area contributed by atoms with Crippen LogP contribution in [0.1, 0.15) is 16.7 Å². The van der Waals surface area contributed by atoms with Crippen LogP contribution in [0.3, 0.4) is 0 Å². The van der Waals surface area contributed by atoms with E-state index in [0.29, 0.717) is 5.56 Å². The van der Waals surface area contributed by atoms with Crippen molar-refractivity contribution in [1.29, 1.82) is 0 Å². The molecule has 0 heterocycles. The second-order valence-electron chi connectivity index (χ2n) is 5.21. The zero-order valence-corrected chi connectivity index (χ0v) is 13.0. The molecule has 1 amide bonds. The molecule has 6 heteroatoms. The maximum absolute atomic E-state index is 11.7. The van der Waals surface area contributed by atoms with Crippen LogP contribution in [0.5, 0.6) is 11.5 Å². The number of benzene rings is 2. The fraction of sp³-hybridized carbons (Fsp3) is 0.176. The summed E-state index contributed by atoms with van der Waals surface area (Å²) in [5, 5.41) is 25.6. The van der Waals surface area contributed by atoms with E-state index in [1.807, 2.05) is 32.0 Å². The smallest absolute Gasteiger partial charge is 0.259 e. The first kappa shape index (κ1) is 16.4. The third kappa shape index (κ3) is 4.74. The molecule has 2 rings (SSSR count). The van der Waals surface area contributed by atoms with Crippen molar-refractivity contribution in [3.05, 3.63) is 53.1 Å². The fourth-order valence-electron chi connectivity index (χ4n) is 2.04. The lowest BCUT2D eigenvalue weighted by Gasteiger charge is -2.09. The summed E-state index contributed by atoms with van der Waals surface area (Å²) in [6.07, 6.45) is 1.31. The highest BCUT2D eigenvalue weighted by Gasteiger charge is 2.03. The molecular formula is C17H19N3O3. The van der Waals surface area contributed by atoms with Crippen LogP contribution in [0.15, 0.2) is 41.5 Å². The number of aryl methyl sites for hydroxylation is 2. The molecule has 0 aliphatic heterocycles. The molecule has 0 radical (unpaired) electrons. The van der Waals surface area contributed by atoms with E-state index in [0.717, 1.165) is 16.8 Å². The summed E-state index contributed by atoms with van der Waals surface area (Å²) in [4.78, 5) is 11.7. The Hall–Kier alpha value is -3.02. The minimum Gasteiger partial charge on any atom is -0.508 e. The minimum absolute atomic E-state index is 0.0404. The van der Waals surface area contributed by atoms with E-state index >= 15 is 0 Å². The van der Waals surface area contributed by atoms with Gasteiger partial charge in [0, 0.05) is 17.3 Å². The number of nitrogens with zero attached hydrogens (tertiary/aromatic N) is 1. The van der Waals surface area contributed by atoms with Gasteiger partial charge >= 0.3 is 0 Å². The average Bonchev–Trinajstić information content (AvgIpc) is 2.48. The fourth-order valence-corrected chi connectivity index (χ4v) is 2.04. The SMILES string of the molecule is Cc1ccc(NCC(=O)N/N=C/c2ccc(O)cc2O)c(C)c1. The van der Waals surface area contributed by atoms with E-state index in [1.165, 1.54) is 24.4 Å². The van der Waals surface area contributed by atoms with Gasteiger partial charge in [0.25, 0.3) is 5.91 Å². The normalized spacial score (nSPS) is 10.7. The molecule has 120 valence electrons. The van der Waals surface area contributed by atoms with Crippen LogP contribution in [0, 0.1) is 13.8 Å². The Bertz CT molecular complexity index is 742.